The minimum Gasteiger partial charge on any atom is -0.504 e. The van der Waals surface area contributed by atoms with Gasteiger partial charge in [-0.25, -0.2) is 0 Å². The Morgan fingerprint density at radius 2 is 2.04 bits per heavy atom. The molecule has 1 atom stereocenters. The van der Waals surface area contributed by atoms with Gasteiger partial charge in [0.25, 0.3) is 0 Å². The van der Waals surface area contributed by atoms with E-state index in [4.69, 9.17) is 4.74 Å². The lowest BCUT2D eigenvalue weighted by Crippen LogP contribution is -2.48. The Balaban J connectivity index is 1.67. The number of ether oxygens (including phenoxy) is 1. The summed E-state index contributed by atoms with van der Waals surface area (Å²) < 4.78 is 5.12. The average molecular weight is 326 g/mol. The normalized spacial score (nSPS) is 16.3. The fourth-order valence-corrected chi connectivity index (χ4v) is 3.07. The van der Waals surface area contributed by atoms with E-state index >= 15 is 0 Å². The zero-order chi connectivity index (χ0) is 17.1. The van der Waals surface area contributed by atoms with E-state index in [1.165, 1.54) is 18.2 Å². The van der Waals surface area contributed by atoms with Crippen LogP contribution >= 0.6 is 0 Å². The van der Waals surface area contributed by atoms with Gasteiger partial charge in [0, 0.05) is 20.1 Å². The van der Waals surface area contributed by atoms with Crippen LogP contribution in [-0.2, 0) is 24.3 Å². The lowest BCUT2D eigenvalue weighted by atomic mass is 9.95. The fraction of sp³-hybridized carbons (Fsp3) is 0.316. The third-order valence-corrected chi connectivity index (χ3v) is 4.42. The summed E-state index contributed by atoms with van der Waals surface area (Å²) in [5.74, 6) is 0.579. The first-order valence-electron chi connectivity index (χ1n) is 7.99. The molecule has 0 bridgehead atoms. The lowest BCUT2D eigenvalue weighted by molar-refractivity contribution is -0.132. The predicted octanol–water partition coefficient (Wildman–Crippen LogP) is 2.07. The summed E-state index contributed by atoms with van der Waals surface area (Å²) in [6, 6.07) is 13.1. The molecular formula is C19H22N2O3. The highest BCUT2D eigenvalue weighted by atomic mass is 16.5. The molecule has 0 aromatic heterocycles. The molecule has 1 unspecified atom stereocenters. The maximum atomic E-state index is 12.7. The molecule has 2 N–H and O–H groups in total. The van der Waals surface area contributed by atoms with Gasteiger partial charge < -0.3 is 20.1 Å². The number of carbonyl (C=O) groups is 1. The highest BCUT2D eigenvalue weighted by Gasteiger charge is 2.26. The molecule has 1 heterocycles. The van der Waals surface area contributed by atoms with Gasteiger partial charge >= 0.3 is 0 Å². The number of amides is 1. The molecule has 0 radical (unpaired) electrons. The molecule has 2 aromatic carbocycles. The van der Waals surface area contributed by atoms with Gasteiger partial charge in [-0.2, -0.15) is 0 Å². The highest BCUT2D eigenvalue weighted by molar-refractivity contribution is 5.82. The number of nitrogens with zero attached hydrogens (tertiary/aromatic N) is 1. The van der Waals surface area contributed by atoms with E-state index in [0.29, 0.717) is 25.3 Å². The van der Waals surface area contributed by atoms with E-state index in [0.717, 1.165) is 5.56 Å². The van der Waals surface area contributed by atoms with Crippen LogP contribution in [0.15, 0.2) is 42.5 Å². The first kappa shape index (κ1) is 16.3. The van der Waals surface area contributed by atoms with Crippen molar-refractivity contribution in [3.8, 4) is 11.5 Å². The number of benzene rings is 2. The number of hydrogen-bond acceptors (Lipinski definition) is 4. The standard InChI is InChI=1S/C19H22N2O3/c1-21(12-13-7-8-17(22)18(9-13)24-2)19(23)16-10-14-5-3-4-6-15(14)11-20-16/h3-9,16,20,22H,10-12H2,1-2H3. The summed E-state index contributed by atoms with van der Waals surface area (Å²) in [7, 11) is 3.31. The predicted molar refractivity (Wildman–Crippen MR) is 91.9 cm³/mol. The molecule has 0 aliphatic carbocycles. The lowest BCUT2D eigenvalue weighted by Gasteiger charge is -2.29. The van der Waals surface area contributed by atoms with Crippen LogP contribution in [-0.4, -0.2) is 36.1 Å². The van der Waals surface area contributed by atoms with Crippen LogP contribution < -0.4 is 10.1 Å². The van der Waals surface area contributed by atoms with Crippen molar-refractivity contribution in [2.75, 3.05) is 14.2 Å². The van der Waals surface area contributed by atoms with Gasteiger partial charge in [0.05, 0.1) is 13.2 Å². The monoisotopic (exact) mass is 326 g/mol. The van der Waals surface area contributed by atoms with Gasteiger partial charge in [-0.05, 0) is 35.2 Å². The molecule has 2 aromatic rings. The van der Waals surface area contributed by atoms with Crippen molar-refractivity contribution in [3.63, 3.8) is 0 Å². The Labute approximate surface area is 141 Å². The third kappa shape index (κ3) is 3.36. The maximum absolute atomic E-state index is 12.7. The fourth-order valence-electron chi connectivity index (χ4n) is 3.07. The van der Waals surface area contributed by atoms with E-state index in [2.05, 4.69) is 17.4 Å². The second-order valence-corrected chi connectivity index (χ2v) is 6.11. The molecule has 0 fully saturated rings. The topological polar surface area (TPSA) is 61.8 Å². The van der Waals surface area contributed by atoms with Crippen molar-refractivity contribution in [1.29, 1.82) is 0 Å². The van der Waals surface area contributed by atoms with Gasteiger partial charge in [-0.15, -0.1) is 0 Å². The number of hydrogen-bond donors (Lipinski definition) is 2. The molecule has 126 valence electrons. The first-order chi connectivity index (χ1) is 11.6. The number of likely N-dealkylation sites (N-methyl/N-ethyl adjacent to an activating group) is 1. The quantitative estimate of drug-likeness (QED) is 0.903. The number of phenolic OH excluding ortho intramolecular Hbond substituents is 1. The zero-order valence-electron chi connectivity index (χ0n) is 14.0. The van der Waals surface area contributed by atoms with Crippen LogP contribution in [0.25, 0.3) is 0 Å². The molecule has 24 heavy (non-hydrogen) atoms. The van der Waals surface area contributed by atoms with Crippen LogP contribution in [0.5, 0.6) is 11.5 Å². The molecule has 0 spiro atoms. The number of nitrogens with one attached hydrogen (secondary N) is 1. The molecule has 5 nitrogen and oxygen atoms in total. The number of aromatic hydroxyl groups is 1. The largest absolute Gasteiger partial charge is 0.504 e. The summed E-state index contributed by atoms with van der Waals surface area (Å²) in [5.41, 5.74) is 3.40. The van der Waals surface area contributed by atoms with E-state index in [9.17, 15) is 9.90 Å². The molecule has 1 aliphatic rings. The Hall–Kier alpha value is -2.53. The van der Waals surface area contributed by atoms with E-state index in [1.54, 1.807) is 30.1 Å². The first-order valence-corrected chi connectivity index (χ1v) is 7.99. The molecule has 3 rings (SSSR count). The van der Waals surface area contributed by atoms with E-state index < -0.39 is 0 Å². The van der Waals surface area contributed by atoms with Gasteiger partial charge in [0.2, 0.25) is 5.91 Å². The van der Waals surface area contributed by atoms with Crippen molar-refractivity contribution in [1.82, 2.24) is 10.2 Å². The maximum Gasteiger partial charge on any atom is 0.240 e. The molecular weight excluding hydrogens is 304 g/mol. The van der Waals surface area contributed by atoms with Crippen LogP contribution in [0.4, 0.5) is 0 Å². The van der Waals surface area contributed by atoms with Gasteiger partial charge in [0.1, 0.15) is 0 Å². The highest BCUT2D eigenvalue weighted by Crippen LogP contribution is 2.27. The zero-order valence-corrected chi connectivity index (χ0v) is 14.0. The van der Waals surface area contributed by atoms with Crippen LogP contribution in [0.2, 0.25) is 0 Å². The molecule has 1 amide bonds. The molecule has 1 aliphatic heterocycles. The summed E-state index contributed by atoms with van der Waals surface area (Å²) in [6.07, 6.45) is 0.707. The number of methoxy groups -OCH3 is 1. The Morgan fingerprint density at radius 3 is 2.79 bits per heavy atom. The minimum absolute atomic E-state index is 0.0662. The number of carbonyl (C=O) groups excluding carboxylic acids is 1. The Bertz CT molecular complexity index is 745. The Morgan fingerprint density at radius 1 is 1.29 bits per heavy atom. The smallest absolute Gasteiger partial charge is 0.240 e. The second-order valence-electron chi connectivity index (χ2n) is 6.11. The van der Waals surface area contributed by atoms with Crippen LogP contribution in [0.1, 0.15) is 16.7 Å². The summed E-state index contributed by atoms with van der Waals surface area (Å²) in [4.78, 5) is 14.4. The van der Waals surface area contributed by atoms with Gasteiger partial charge in [0.15, 0.2) is 11.5 Å². The average Bonchev–Trinajstić information content (AvgIpc) is 2.62. The third-order valence-electron chi connectivity index (χ3n) is 4.42. The van der Waals surface area contributed by atoms with Crippen molar-refractivity contribution < 1.29 is 14.6 Å². The van der Waals surface area contributed by atoms with Crippen molar-refractivity contribution in [2.24, 2.45) is 0 Å². The van der Waals surface area contributed by atoms with E-state index in [-0.39, 0.29) is 17.7 Å². The van der Waals surface area contributed by atoms with Crippen LogP contribution in [0.3, 0.4) is 0 Å². The number of rotatable bonds is 4. The second kappa shape index (κ2) is 6.93. The summed E-state index contributed by atoms with van der Waals surface area (Å²) in [5, 5.41) is 13.0. The van der Waals surface area contributed by atoms with Crippen molar-refractivity contribution in [2.45, 2.75) is 25.6 Å². The van der Waals surface area contributed by atoms with Crippen LogP contribution in [0, 0.1) is 0 Å². The minimum atomic E-state index is -0.205. The molecule has 0 saturated heterocycles. The molecule has 5 heteroatoms. The van der Waals surface area contributed by atoms with Gasteiger partial charge in [-0.3, -0.25) is 4.79 Å². The number of phenols is 1. The number of fused-ring (bicyclic) bond motifs is 1. The summed E-state index contributed by atoms with van der Waals surface area (Å²) in [6.45, 7) is 1.18. The molecule has 0 saturated carbocycles. The van der Waals surface area contributed by atoms with Crippen molar-refractivity contribution in [3.05, 3.63) is 59.2 Å². The Kier molecular flexibility index (Phi) is 4.71. The van der Waals surface area contributed by atoms with Gasteiger partial charge in [-0.1, -0.05) is 30.3 Å². The van der Waals surface area contributed by atoms with E-state index in [1.807, 2.05) is 12.1 Å². The van der Waals surface area contributed by atoms with Crippen molar-refractivity contribution >= 4 is 5.91 Å². The summed E-state index contributed by atoms with van der Waals surface area (Å²) >= 11 is 0. The SMILES string of the molecule is COc1cc(CN(C)C(=O)C2Cc3ccccc3CN2)ccc1O.